The van der Waals surface area contributed by atoms with E-state index >= 15 is 0 Å². The smallest absolute Gasteiger partial charge is 0.0508 e. The van der Waals surface area contributed by atoms with Crippen LogP contribution in [0.1, 0.15) is 25.3 Å². The molecule has 1 aromatic rings. The maximum absolute atomic E-state index is 5.97. The highest BCUT2D eigenvalue weighted by molar-refractivity contribution is 6.36. The quantitative estimate of drug-likeness (QED) is 0.542. The minimum Gasteiger partial charge on any atom is -0.293 e. The third-order valence-electron chi connectivity index (χ3n) is 1.83. The highest BCUT2D eigenvalue weighted by Gasteiger charge is 1.97. The number of benzene rings is 1. The van der Waals surface area contributed by atoms with E-state index in [1.807, 2.05) is 12.1 Å². The van der Waals surface area contributed by atoms with Crippen LogP contribution in [0.15, 0.2) is 23.2 Å². The molecule has 0 N–H and O–H groups in total. The molecule has 0 aromatic heterocycles. The van der Waals surface area contributed by atoms with E-state index in [4.69, 9.17) is 23.2 Å². The van der Waals surface area contributed by atoms with E-state index < -0.39 is 0 Å². The molecule has 0 radical (unpaired) electrons. The molecule has 0 atom stereocenters. The standard InChI is InChI=1S/C11H13Cl2N/c1-2-3-6-14-8-9-4-5-10(12)7-11(9)13/h4-5,7-8H,2-3,6H2,1H3. The maximum Gasteiger partial charge on any atom is 0.0508 e. The molecule has 1 nitrogen and oxygen atoms in total. The van der Waals surface area contributed by atoms with Gasteiger partial charge in [0.05, 0.1) is 5.02 Å². The molecule has 0 aliphatic carbocycles. The van der Waals surface area contributed by atoms with Crippen molar-refractivity contribution in [2.45, 2.75) is 19.8 Å². The summed E-state index contributed by atoms with van der Waals surface area (Å²) in [6.07, 6.45) is 4.07. The molecule has 0 saturated carbocycles. The first-order valence-corrected chi connectivity index (χ1v) is 5.44. The summed E-state index contributed by atoms with van der Waals surface area (Å²) in [5, 5.41) is 1.30. The molecular formula is C11H13Cl2N. The highest BCUT2D eigenvalue weighted by Crippen LogP contribution is 2.19. The van der Waals surface area contributed by atoms with Gasteiger partial charge in [-0.3, -0.25) is 4.99 Å². The van der Waals surface area contributed by atoms with Gasteiger partial charge in [-0.2, -0.15) is 0 Å². The van der Waals surface area contributed by atoms with Crippen LogP contribution in [0.5, 0.6) is 0 Å². The average molecular weight is 230 g/mol. The lowest BCUT2D eigenvalue weighted by Crippen LogP contribution is -1.85. The summed E-state index contributed by atoms with van der Waals surface area (Å²) in [4.78, 5) is 4.27. The van der Waals surface area contributed by atoms with Gasteiger partial charge in [-0.25, -0.2) is 0 Å². The first-order chi connectivity index (χ1) is 6.74. The van der Waals surface area contributed by atoms with Crippen LogP contribution in [0.2, 0.25) is 10.0 Å². The van der Waals surface area contributed by atoms with E-state index in [2.05, 4.69) is 11.9 Å². The molecule has 0 fully saturated rings. The minimum atomic E-state index is 0.651. The predicted octanol–water partition coefficient (Wildman–Crippen LogP) is 4.21. The molecule has 14 heavy (non-hydrogen) atoms. The van der Waals surface area contributed by atoms with Crippen molar-refractivity contribution < 1.29 is 0 Å². The van der Waals surface area contributed by atoms with Crippen LogP contribution < -0.4 is 0 Å². The largest absolute Gasteiger partial charge is 0.293 e. The lowest BCUT2D eigenvalue weighted by atomic mass is 10.2. The van der Waals surface area contributed by atoms with E-state index in [1.165, 1.54) is 0 Å². The Kier molecular flexibility index (Phi) is 4.99. The summed E-state index contributed by atoms with van der Waals surface area (Å²) in [6, 6.07) is 5.42. The molecule has 0 bridgehead atoms. The second kappa shape index (κ2) is 6.05. The fourth-order valence-corrected chi connectivity index (χ4v) is 1.48. The van der Waals surface area contributed by atoms with Crippen molar-refractivity contribution >= 4 is 29.4 Å². The lowest BCUT2D eigenvalue weighted by Gasteiger charge is -1.97. The van der Waals surface area contributed by atoms with Crippen LogP contribution in [0.3, 0.4) is 0 Å². The molecule has 0 spiro atoms. The third kappa shape index (κ3) is 3.69. The normalized spacial score (nSPS) is 11.1. The summed E-state index contributed by atoms with van der Waals surface area (Å²) < 4.78 is 0. The molecular weight excluding hydrogens is 217 g/mol. The fourth-order valence-electron chi connectivity index (χ4n) is 1.02. The summed E-state index contributed by atoms with van der Waals surface area (Å²) in [5.41, 5.74) is 0.923. The van der Waals surface area contributed by atoms with Crippen molar-refractivity contribution in [1.82, 2.24) is 0 Å². The zero-order valence-corrected chi connectivity index (χ0v) is 9.65. The first-order valence-electron chi connectivity index (χ1n) is 4.69. The van der Waals surface area contributed by atoms with E-state index in [9.17, 15) is 0 Å². The van der Waals surface area contributed by atoms with Gasteiger partial charge >= 0.3 is 0 Å². The van der Waals surface area contributed by atoms with Crippen LogP contribution in [0.4, 0.5) is 0 Å². The van der Waals surface area contributed by atoms with E-state index in [0.29, 0.717) is 10.0 Å². The van der Waals surface area contributed by atoms with Gasteiger partial charge in [-0.15, -0.1) is 0 Å². The van der Waals surface area contributed by atoms with E-state index in [0.717, 1.165) is 24.9 Å². The van der Waals surface area contributed by atoms with Crippen molar-refractivity contribution in [3.63, 3.8) is 0 Å². The summed E-state index contributed by atoms with van der Waals surface area (Å²) >= 11 is 11.7. The molecule has 0 amide bonds. The molecule has 1 rings (SSSR count). The van der Waals surface area contributed by atoms with Crippen LogP contribution in [-0.2, 0) is 0 Å². The predicted molar refractivity (Wildman–Crippen MR) is 63.8 cm³/mol. The van der Waals surface area contributed by atoms with Crippen LogP contribution in [0, 0.1) is 0 Å². The number of rotatable bonds is 4. The van der Waals surface area contributed by atoms with Gasteiger partial charge in [0.15, 0.2) is 0 Å². The molecule has 3 heteroatoms. The van der Waals surface area contributed by atoms with Crippen LogP contribution >= 0.6 is 23.2 Å². The van der Waals surface area contributed by atoms with E-state index in [-0.39, 0.29) is 0 Å². The Balaban J connectivity index is 2.62. The van der Waals surface area contributed by atoms with Crippen molar-refractivity contribution in [1.29, 1.82) is 0 Å². The van der Waals surface area contributed by atoms with Crippen LogP contribution in [0.25, 0.3) is 0 Å². The zero-order valence-electron chi connectivity index (χ0n) is 8.13. The van der Waals surface area contributed by atoms with Gasteiger partial charge in [-0.05, 0) is 18.6 Å². The number of hydrogen-bond acceptors (Lipinski definition) is 1. The maximum atomic E-state index is 5.97. The van der Waals surface area contributed by atoms with Crippen molar-refractivity contribution in [2.75, 3.05) is 6.54 Å². The summed E-state index contributed by atoms with van der Waals surface area (Å²) in [5.74, 6) is 0. The Labute approximate surface area is 94.8 Å². The molecule has 0 aliphatic heterocycles. The molecule has 1 aromatic carbocycles. The average Bonchev–Trinajstić information content (AvgIpc) is 2.15. The third-order valence-corrected chi connectivity index (χ3v) is 2.40. The molecule has 76 valence electrons. The second-order valence-electron chi connectivity index (χ2n) is 3.05. The van der Waals surface area contributed by atoms with Gasteiger partial charge in [0.25, 0.3) is 0 Å². The second-order valence-corrected chi connectivity index (χ2v) is 3.90. The van der Waals surface area contributed by atoms with Gasteiger partial charge in [0.1, 0.15) is 0 Å². The number of nitrogens with zero attached hydrogens (tertiary/aromatic N) is 1. The van der Waals surface area contributed by atoms with Crippen molar-refractivity contribution in [3.05, 3.63) is 33.8 Å². The van der Waals surface area contributed by atoms with Gasteiger partial charge < -0.3 is 0 Å². The number of hydrogen-bond donors (Lipinski definition) is 0. The Morgan fingerprint density at radius 2 is 2.14 bits per heavy atom. The lowest BCUT2D eigenvalue weighted by molar-refractivity contribution is 0.810. The minimum absolute atomic E-state index is 0.651. The Hall–Kier alpha value is -0.530. The van der Waals surface area contributed by atoms with Gasteiger partial charge in [0, 0.05) is 23.3 Å². The van der Waals surface area contributed by atoms with E-state index in [1.54, 1.807) is 12.3 Å². The molecule has 0 unspecified atom stereocenters. The zero-order chi connectivity index (χ0) is 10.4. The SMILES string of the molecule is CCCCN=Cc1ccc(Cl)cc1Cl. The van der Waals surface area contributed by atoms with Gasteiger partial charge in [-0.1, -0.05) is 42.6 Å². The van der Waals surface area contributed by atoms with Crippen molar-refractivity contribution in [3.8, 4) is 0 Å². The Morgan fingerprint density at radius 3 is 2.79 bits per heavy atom. The monoisotopic (exact) mass is 229 g/mol. The number of unbranched alkanes of at least 4 members (excludes halogenated alkanes) is 1. The fraction of sp³-hybridized carbons (Fsp3) is 0.364. The highest BCUT2D eigenvalue weighted by atomic mass is 35.5. The summed E-state index contributed by atoms with van der Waals surface area (Å²) in [6.45, 7) is 3.00. The number of halogens is 2. The molecule has 0 aliphatic rings. The topological polar surface area (TPSA) is 12.4 Å². The molecule has 0 heterocycles. The number of aliphatic imine (C=N–C) groups is 1. The van der Waals surface area contributed by atoms with Gasteiger partial charge in [0.2, 0.25) is 0 Å². The van der Waals surface area contributed by atoms with Crippen LogP contribution in [-0.4, -0.2) is 12.8 Å². The first kappa shape index (κ1) is 11.5. The Morgan fingerprint density at radius 1 is 1.36 bits per heavy atom. The van der Waals surface area contributed by atoms with Crippen molar-refractivity contribution in [2.24, 2.45) is 4.99 Å². The molecule has 0 saturated heterocycles. The summed E-state index contributed by atoms with van der Waals surface area (Å²) in [7, 11) is 0. The Bertz CT molecular complexity index is 321.